The molecule has 1 aromatic heterocycles. The number of hydrogen-bond acceptors (Lipinski definition) is 3. The van der Waals surface area contributed by atoms with Crippen molar-refractivity contribution in [1.82, 2.24) is 5.32 Å². The summed E-state index contributed by atoms with van der Waals surface area (Å²) in [6, 6.07) is 2.00. The molecule has 0 saturated heterocycles. The molecule has 1 heterocycles. The van der Waals surface area contributed by atoms with Crippen molar-refractivity contribution < 1.29 is 9.52 Å². The number of aliphatic hydroxyl groups excluding tert-OH is 1. The van der Waals surface area contributed by atoms with Crippen LogP contribution in [0.3, 0.4) is 0 Å². The molecule has 4 heteroatoms. The zero-order valence-corrected chi connectivity index (χ0v) is 11.0. The standard InChI is InChI=1S/C11H18BrNO2/c1-8(10-9(12)4-7-15-10)13-11(2,3)5-6-14/h4,7-8,13-14H,5-6H2,1-3H3. The summed E-state index contributed by atoms with van der Waals surface area (Å²) in [7, 11) is 0. The fraction of sp³-hybridized carbons (Fsp3) is 0.636. The number of furan rings is 1. The first kappa shape index (κ1) is 12.7. The third-order valence-electron chi connectivity index (χ3n) is 2.38. The first-order valence-corrected chi connectivity index (χ1v) is 5.87. The van der Waals surface area contributed by atoms with Gasteiger partial charge in [-0.05, 0) is 49.2 Å². The Morgan fingerprint density at radius 3 is 2.73 bits per heavy atom. The monoisotopic (exact) mass is 275 g/mol. The minimum Gasteiger partial charge on any atom is -0.466 e. The van der Waals surface area contributed by atoms with Crippen molar-refractivity contribution in [2.45, 2.75) is 38.8 Å². The molecular formula is C11H18BrNO2. The normalized spacial score (nSPS) is 14.2. The topological polar surface area (TPSA) is 45.4 Å². The lowest BCUT2D eigenvalue weighted by atomic mass is 9.99. The van der Waals surface area contributed by atoms with Gasteiger partial charge >= 0.3 is 0 Å². The van der Waals surface area contributed by atoms with E-state index >= 15 is 0 Å². The van der Waals surface area contributed by atoms with Gasteiger partial charge in [0.05, 0.1) is 16.8 Å². The first-order valence-electron chi connectivity index (χ1n) is 5.08. The second-order valence-corrected chi connectivity index (χ2v) is 5.21. The largest absolute Gasteiger partial charge is 0.466 e. The lowest BCUT2D eigenvalue weighted by molar-refractivity contribution is 0.216. The van der Waals surface area contributed by atoms with Crippen LogP contribution < -0.4 is 5.32 Å². The van der Waals surface area contributed by atoms with E-state index in [0.717, 1.165) is 16.7 Å². The zero-order valence-electron chi connectivity index (χ0n) is 9.38. The highest BCUT2D eigenvalue weighted by Gasteiger charge is 2.22. The fourth-order valence-electron chi connectivity index (χ4n) is 1.62. The highest BCUT2D eigenvalue weighted by molar-refractivity contribution is 9.10. The zero-order chi connectivity index (χ0) is 11.5. The lowest BCUT2D eigenvalue weighted by Gasteiger charge is -2.29. The minimum absolute atomic E-state index is 0.0968. The molecule has 0 radical (unpaired) electrons. The van der Waals surface area contributed by atoms with Crippen LogP contribution in [-0.4, -0.2) is 17.3 Å². The summed E-state index contributed by atoms with van der Waals surface area (Å²) in [4.78, 5) is 0. The highest BCUT2D eigenvalue weighted by atomic mass is 79.9. The van der Waals surface area contributed by atoms with Crippen LogP contribution in [0.25, 0.3) is 0 Å². The molecular weight excluding hydrogens is 258 g/mol. The van der Waals surface area contributed by atoms with Crippen LogP contribution in [0.5, 0.6) is 0 Å². The number of rotatable bonds is 5. The van der Waals surface area contributed by atoms with Crippen LogP contribution in [0, 0.1) is 0 Å². The molecule has 0 spiro atoms. The molecule has 15 heavy (non-hydrogen) atoms. The van der Waals surface area contributed by atoms with Crippen molar-refractivity contribution in [1.29, 1.82) is 0 Å². The third-order valence-corrected chi connectivity index (χ3v) is 3.04. The smallest absolute Gasteiger partial charge is 0.134 e. The van der Waals surface area contributed by atoms with Crippen LogP contribution in [0.15, 0.2) is 21.2 Å². The van der Waals surface area contributed by atoms with Gasteiger partial charge in [-0.2, -0.15) is 0 Å². The molecule has 0 aromatic carbocycles. The minimum atomic E-state index is -0.0968. The lowest BCUT2D eigenvalue weighted by Crippen LogP contribution is -2.41. The van der Waals surface area contributed by atoms with Gasteiger partial charge in [0.25, 0.3) is 0 Å². The van der Waals surface area contributed by atoms with Crippen LogP contribution in [0.4, 0.5) is 0 Å². The molecule has 2 N–H and O–H groups in total. The van der Waals surface area contributed by atoms with Crippen molar-refractivity contribution in [3.05, 3.63) is 22.6 Å². The fourth-order valence-corrected chi connectivity index (χ4v) is 2.16. The van der Waals surface area contributed by atoms with E-state index in [2.05, 4.69) is 35.1 Å². The maximum Gasteiger partial charge on any atom is 0.134 e. The molecule has 0 aliphatic rings. The van der Waals surface area contributed by atoms with Crippen LogP contribution in [0.2, 0.25) is 0 Å². The van der Waals surface area contributed by atoms with Crippen LogP contribution >= 0.6 is 15.9 Å². The Bertz CT molecular complexity index is 309. The van der Waals surface area contributed by atoms with Gasteiger partial charge in [-0.15, -0.1) is 0 Å². The van der Waals surface area contributed by atoms with Gasteiger partial charge in [0, 0.05) is 12.1 Å². The van der Waals surface area contributed by atoms with Gasteiger partial charge in [0.15, 0.2) is 0 Å². The predicted octanol–water partition coefficient (Wildman–Crippen LogP) is 2.85. The molecule has 1 unspecified atom stereocenters. The summed E-state index contributed by atoms with van der Waals surface area (Å²) in [5.41, 5.74) is -0.0968. The number of nitrogens with one attached hydrogen (secondary N) is 1. The van der Waals surface area contributed by atoms with Crippen molar-refractivity contribution in [3.8, 4) is 0 Å². The molecule has 1 atom stereocenters. The first-order chi connectivity index (χ1) is 6.96. The van der Waals surface area contributed by atoms with Gasteiger partial charge in [-0.25, -0.2) is 0 Å². The Labute approximate surface area is 99.0 Å². The van der Waals surface area contributed by atoms with Crippen LogP contribution in [-0.2, 0) is 0 Å². The summed E-state index contributed by atoms with van der Waals surface area (Å²) >= 11 is 3.43. The van der Waals surface area contributed by atoms with E-state index in [1.807, 2.05) is 13.0 Å². The van der Waals surface area contributed by atoms with Crippen molar-refractivity contribution >= 4 is 15.9 Å². The summed E-state index contributed by atoms with van der Waals surface area (Å²) in [6.07, 6.45) is 2.38. The predicted molar refractivity (Wildman–Crippen MR) is 63.7 cm³/mol. The Kier molecular flexibility index (Phi) is 4.37. The SMILES string of the molecule is CC(NC(C)(C)CCO)c1occc1Br. The molecule has 0 fully saturated rings. The maximum absolute atomic E-state index is 8.93. The molecule has 1 aromatic rings. The summed E-state index contributed by atoms with van der Waals surface area (Å²) < 4.78 is 6.35. The number of hydrogen-bond donors (Lipinski definition) is 2. The van der Waals surface area contributed by atoms with Gasteiger partial charge in [-0.1, -0.05) is 0 Å². The highest BCUT2D eigenvalue weighted by Crippen LogP contribution is 2.26. The molecule has 0 bridgehead atoms. The Morgan fingerprint density at radius 2 is 2.27 bits per heavy atom. The molecule has 0 aliphatic carbocycles. The maximum atomic E-state index is 8.93. The Balaban J connectivity index is 2.63. The Hall–Kier alpha value is -0.320. The van der Waals surface area contributed by atoms with E-state index in [9.17, 15) is 0 Å². The summed E-state index contributed by atoms with van der Waals surface area (Å²) in [5, 5.41) is 12.3. The van der Waals surface area contributed by atoms with E-state index in [4.69, 9.17) is 9.52 Å². The summed E-state index contributed by atoms with van der Waals surface area (Å²) in [5.74, 6) is 0.890. The van der Waals surface area contributed by atoms with Gasteiger partial charge in [-0.3, -0.25) is 0 Å². The van der Waals surface area contributed by atoms with Gasteiger partial charge < -0.3 is 14.8 Å². The van der Waals surface area contributed by atoms with E-state index < -0.39 is 0 Å². The number of aliphatic hydroxyl groups is 1. The second-order valence-electron chi connectivity index (χ2n) is 4.36. The second kappa shape index (κ2) is 5.14. The molecule has 3 nitrogen and oxygen atoms in total. The van der Waals surface area contributed by atoms with Gasteiger partial charge in [0.1, 0.15) is 5.76 Å². The molecule has 1 rings (SSSR count). The van der Waals surface area contributed by atoms with Crippen molar-refractivity contribution in [2.24, 2.45) is 0 Å². The van der Waals surface area contributed by atoms with Crippen molar-refractivity contribution in [3.63, 3.8) is 0 Å². The number of halogens is 1. The quantitative estimate of drug-likeness (QED) is 0.869. The van der Waals surface area contributed by atoms with E-state index in [-0.39, 0.29) is 18.2 Å². The van der Waals surface area contributed by atoms with Crippen LogP contribution in [0.1, 0.15) is 39.0 Å². The van der Waals surface area contributed by atoms with Gasteiger partial charge in [0.2, 0.25) is 0 Å². The van der Waals surface area contributed by atoms with Crippen molar-refractivity contribution in [2.75, 3.05) is 6.61 Å². The Morgan fingerprint density at radius 1 is 1.60 bits per heavy atom. The average molecular weight is 276 g/mol. The third kappa shape index (κ3) is 3.63. The van der Waals surface area contributed by atoms with E-state index in [0.29, 0.717) is 0 Å². The molecule has 86 valence electrons. The van der Waals surface area contributed by atoms with E-state index in [1.54, 1.807) is 6.26 Å². The molecule has 0 amide bonds. The molecule has 0 saturated carbocycles. The summed E-state index contributed by atoms with van der Waals surface area (Å²) in [6.45, 7) is 6.36. The molecule has 0 aliphatic heterocycles. The van der Waals surface area contributed by atoms with E-state index in [1.165, 1.54) is 0 Å². The average Bonchev–Trinajstić information content (AvgIpc) is 2.50.